The monoisotopic (exact) mass is 208 g/mol. The van der Waals surface area contributed by atoms with Gasteiger partial charge in [0.05, 0.1) is 6.33 Å². The second-order valence-corrected chi connectivity index (χ2v) is 5.05. The van der Waals surface area contributed by atoms with Gasteiger partial charge in [-0.1, -0.05) is 0 Å². The fourth-order valence-corrected chi connectivity index (χ4v) is 1.97. The molecule has 0 radical (unpaired) electrons. The zero-order chi connectivity index (χ0) is 10.9. The zero-order valence-electron chi connectivity index (χ0n) is 9.75. The Bertz CT molecular complexity index is 304. The smallest absolute Gasteiger partial charge is 0.0921 e. The summed E-state index contributed by atoms with van der Waals surface area (Å²) >= 11 is 0. The van der Waals surface area contributed by atoms with Gasteiger partial charge in [-0.25, -0.2) is 4.98 Å². The van der Waals surface area contributed by atoms with Gasteiger partial charge in [-0.05, 0) is 20.9 Å². The molecule has 0 spiro atoms. The number of imidazole rings is 1. The fourth-order valence-electron chi connectivity index (χ4n) is 1.97. The number of nitrogens with one attached hydrogen (secondary N) is 2. The minimum absolute atomic E-state index is 0.268. The Labute approximate surface area is 91.1 Å². The first-order chi connectivity index (χ1) is 7.08. The van der Waals surface area contributed by atoms with E-state index < -0.39 is 0 Å². The molecule has 0 bridgehead atoms. The molecule has 0 saturated carbocycles. The molecular weight excluding hydrogens is 188 g/mol. The molecule has 2 rings (SSSR count). The lowest BCUT2D eigenvalue weighted by atomic mass is 9.97. The number of rotatable bonds is 2. The zero-order valence-corrected chi connectivity index (χ0v) is 9.75. The van der Waals surface area contributed by atoms with Crippen molar-refractivity contribution in [2.24, 2.45) is 0 Å². The number of H-pyrrole nitrogens is 1. The van der Waals surface area contributed by atoms with Crippen LogP contribution in [0.4, 0.5) is 0 Å². The Kier molecular flexibility index (Phi) is 2.80. The average molecular weight is 208 g/mol. The third-order valence-electron chi connectivity index (χ3n) is 3.37. The summed E-state index contributed by atoms with van der Waals surface area (Å²) in [7, 11) is 2.20. The van der Waals surface area contributed by atoms with Crippen LogP contribution in [0.3, 0.4) is 0 Å². The summed E-state index contributed by atoms with van der Waals surface area (Å²) in [6.07, 6.45) is 4.67. The highest BCUT2D eigenvalue weighted by atomic mass is 15.2. The van der Waals surface area contributed by atoms with E-state index >= 15 is 0 Å². The predicted octanol–water partition coefficient (Wildman–Crippen LogP) is 0.634. The summed E-state index contributed by atoms with van der Waals surface area (Å²) in [5.74, 6) is 0. The van der Waals surface area contributed by atoms with Crippen LogP contribution in [-0.2, 0) is 6.42 Å². The van der Waals surface area contributed by atoms with E-state index in [1.165, 1.54) is 5.69 Å². The summed E-state index contributed by atoms with van der Waals surface area (Å²) in [6, 6.07) is 0.531. The van der Waals surface area contributed by atoms with Gasteiger partial charge < -0.3 is 10.3 Å². The van der Waals surface area contributed by atoms with Crippen molar-refractivity contribution in [3.05, 3.63) is 18.2 Å². The molecule has 0 aliphatic carbocycles. The van der Waals surface area contributed by atoms with Gasteiger partial charge in [-0.3, -0.25) is 4.90 Å². The Balaban J connectivity index is 1.92. The van der Waals surface area contributed by atoms with Crippen molar-refractivity contribution in [3.8, 4) is 0 Å². The first kappa shape index (κ1) is 10.6. The quantitative estimate of drug-likeness (QED) is 0.749. The van der Waals surface area contributed by atoms with Crippen LogP contribution in [0.2, 0.25) is 0 Å². The van der Waals surface area contributed by atoms with Gasteiger partial charge in [0.15, 0.2) is 0 Å². The average Bonchev–Trinajstić information content (AvgIpc) is 2.65. The summed E-state index contributed by atoms with van der Waals surface area (Å²) < 4.78 is 0. The molecule has 4 heteroatoms. The standard InChI is InChI=1S/C11H20N4/c1-11(2)7-13-10(6-15(11)3)4-9-5-12-8-14-9/h5,8,10,13H,4,6-7H2,1-3H3,(H,12,14)/t10-/m1/s1. The molecule has 1 fully saturated rings. The highest BCUT2D eigenvalue weighted by Gasteiger charge is 2.31. The summed E-state index contributed by atoms with van der Waals surface area (Å²) in [6.45, 7) is 6.67. The second kappa shape index (κ2) is 3.94. The van der Waals surface area contributed by atoms with Crippen LogP contribution in [0, 0.1) is 0 Å². The lowest BCUT2D eigenvalue weighted by Gasteiger charge is -2.44. The van der Waals surface area contributed by atoms with E-state index in [0.29, 0.717) is 6.04 Å². The molecule has 1 aliphatic rings. The largest absolute Gasteiger partial charge is 0.348 e. The van der Waals surface area contributed by atoms with Gasteiger partial charge in [0.25, 0.3) is 0 Å². The van der Waals surface area contributed by atoms with E-state index in [9.17, 15) is 0 Å². The van der Waals surface area contributed by atoms with Crippen molar-refractivity contribution in [1.29, 1.82) is 0 Å². The Morgan fingerprint density at radius 2 is 2.40 bits per heavy atom. The fraction of sp³-hybridized carbons (Fsp3) is 0.727. The SMILES string of the molecule is CN1C[C@@H](Cc2cnc[nH]2)NCC1(C)C. The second-order valence-electron chi connectivity index (χ2n) is 5.05. The predicted molar refractivity (Wildman–Crippen MR) is 60.8 cm³/mol. The van der Waals surface area contributed by atoms with Crippen LogP contribution >= 0.6 is 0 Å². The Hall–Kier alpha value is -0.870. The number of aromatic nitrogens is 2. The number of hydrogen-bond donors (Lipinski definition) is 2. The molecule has 0 amide bonds. The van der Waals surface area contributed by atoms with Crippen molar-refractivity contribution in [2.75, 3.05) is 20.1 Å². The van der Waals surface area contributed by atoms with E-state index in [0.717, 1.165) is 19.5 Å². The number of piperazine rings is 1. The first-order valence-corrected chi connectivity index (χ1v) is 5.50. The molecule has 2 N–H and O–H groups in total. The third kappa shape index (κ3) is 2.38. The minimum atomic E-state index is 0.268. The molecule has 15 heavy (non-hydrogen) atoms. The topological polar surface area (TPSA) is 44.0 Å². The van der Waals surface area contributed by atoms with Crippen LogP contribution < -0.4 is 5.32 Å². The van der Waals surface area contributed by atoms with Gasteiger partial charge in [-0.15, -0.1) is 0 Å². The first-order valence-electron chi connectivity index (χ1n) is 5.50. The van der Waals surface area contributed by atoms with Gasteiger partial charge in [-0.2, -0.15) is 0 Å². The van der Waals surface area contributed by atoms with Crippen LogP contribution in [0.5, 0.6) is 0 Å². The van der Waals surface area contributed by atoms with Crippen molar-refractivity contribution in [2.45, 2.75) is 31.8 Å². The van der Waals surface area contributed by atoms with Gasteiger partial charge in [0, 0.05) is 43.0 Å². The lowest BCUT2D eigenvalue weighted by Crippen LogP contribution is -2.60. The Morgan fingerprint density at radius 3 is 3.00 bits per heavy atom. The molecule has 1 saturated heterocycles. The number of likely N-dealkylation sites (N-methyl/N-ethyl adjacent to an activating group) is 1. The number of nitrogens with zero attached hydrogens (tertiary/aromatic N) is 2. The number of aromatic amines is 1. The van der Waals surface area contributed by atoms with E-state index in [2.05, 4.69) is 41.1 Å². The molecular formula is C11H20N4. The maximum absolute atomic E-state index is 4.04. The molecule has 0 unspecified atom stereocenters. The molecule has 1 aromatic rings. The van der Waals surface area contributed by atoms with Gasteiger partial charge in [0.2, 0.25) is 0 Å². The summed E-state index contributed by atoms with van der Waals surface area (Å²) in [5.41, 5.74) is 1.48. The minimum Gasteiger partial charge on any atom is -0.348 e. The highest BCUT2D eigenvalue weighted by Crippen LogP contribution is 2.17. The molecule has 0 aromatic carbocycles. The molecule has 84 valence electrons. The molecule has 1 aliphatic heterocycles. The van der Waals surface area contributed by atoms with E-state index in [-0.39, 0.29) is 5.54 Å². The van der Waals surface area contributed by atoms with Crippen LogP contribution in [0.1, 0.15) is 19.5 Å². The van der Waals surface area contributed by atoms with Crippen molar-refractivity contribution in [3.63, 3.8) is 0 Å². The van der Waals surface area contributed by atoms with Crippen LogP contribution in [-0.4, -0.2) is 46.6 Å². The maximum Gasteiger partial charge on any atom is 0.0921 e. The highest BCUT2D eigenvalue weighted by molar-refractivity contribution is 5.01. The lowest BCUT2D eigenvalue weighted by molar-refractivity contribution is 0.0943. The molecule has 1 aromatic heterocycles. The van der Waals surface area contributed by atoms with Crippen molar-refractivity contribution >= 4 is 0 Å². The summed E-state index contributed by atoms with van der Waals surface area (Å²) in [4.78, 5) is 9.61. The van der Waals surface area contributed by atoms with Crippen molar-refractivity contribution in [1.82, 2.24) is 20.2 Å². The number of hydrogen-bond acceptors (Lipinski definition) is 3. The third-order valence-corrected chi connectivity index (χ3v) is 3.37. The molecule has 4 nitrogen and oxygen atoms in total. The van der Waals surface area contributed by atoms with Crippen LogP contribution in [0.15, 0.2) is 12.5 Å². The van der Waals surface area contributed by atoms with Crippen molar-refractivity contribution < 1.29 is 0 Å². The van der Waals surface area contributed by atoms with Crippen LogP contribution in [0.25, 0.3) is 0 Å². The van der Waals surface area contributed by atoms with E-state index in [1.807, 2.05) is 6.20 Å². The maximum atomic E-state index is 4.04. The molecule has 2 heterocycles. The van der Waals surface area contributed by atoms with Gasteiger partial charge in [0.1, 0.15) is 0 Å². The normalized spacial score (nSPS) is 26.7. The summed E-state index contributed by atoms with van der Waals surface area (Å²) in [5, 5.41) is 3.59. The molecule has 1 atom stereocenters. The van der Waals surface area contributed by atoms with E-state index in [4.69, 9.17) is 0 Å². The Morgan fingerprint density at radius 1 is 1.60 bits per heavy atom. The van der Waals surface area contributed by atoms with E-state index in [1.54, 1.807) is 6.33 Å². The van der Waals surface area contributed by atoms with Gasteiger partial charge >= 0.3 is 0 Å².